The highest BCUT2D eigenvalue weighted by molar-refractivity contribution is 8.24. The maximum atomic E-state index is 14.0. The van der Waals surface area contributed by atoms with E-state index in [-0.39, 0.29) is 34.8 Å². The van der Waals surface area contributed by atoms with Gasteiger partial charge >= 0.3 is 7.52 Å². The number of anilines is 2. The third-order valence-corrected chi connectivity index (χ3v) is 8.84. The van der Waals surface area contributed by atoms with Crippen LogP contribution < -0.4 is 20.9 Å². The number of aryl methyl sites for hydroxylation is 1. The molecule has 3 aromatic rings. The van der Waals surface area contributed by atoms with Crippen molar-refractivity contribution in [2.24, 2.45) is 10.7 Å². The summed E-state index contributed by atoms with van der Waals surface area (Å²) in [6.07, 6.45) is 1.91. The van der Waals surface area contributed by atoms with Crippen molar-refractivity contribution in [3.63, 3.8) is 0 Å². The summed E-state index contributed by atoms with van der Waals surface area (Å²) in [5.74, 6) is -0.153. The molecule has 5 N–H and O–H groups in total. The molecule has 11 nitrogen and oxygen atoms in total. The van der Waals surface area contributed by atoms with Gasteiger partial charge < -0.3 is 14.9 Å². The van der Waals surface area contributed by atoms with Crippen LogP contribution in [-0.4, -0.2) is 42.7 Å². The molecule has 0 bridgehead atoms. The third kappa shape index (κ3) is 5.92. The Balaban J connectivity index is 1.89. The van der Waals surface area contributed by atoms with Gasteiger partial charge in [0, 0.05) is 23.7 Å². The summed E-state index contributed by atoms with van der Waals surface area (Å²) >= 11 is 1.43. The molecule has 0 spiro atoms. The number of fused-ring (bicyclic) bond motifs is 1. The van der Waals surface area contributed by atoms with Crippen LogP contribution in [0.3, 0.4) is 0 Å². The van der Waals surface area contributed by atoms with Crippen LogP contribution in [0.1, 0.15) is 32.8 Å². The van der Waals surface area contributed by atoms with Crippen molar-refractivity contribution >= 4 is 52.1 Å². The topological polar surface area (TPSA) is 158 Å². The van der Waals surface area contributed by atoms with E-state index in [1.807, 2.05) is 24.6 Å². The normalized spacial score (nSPS) is 17.8. The van der Waals surface area contributed by atoms with Gasteiger partial charge in [-0.25, -0.2) is 4.68 Å². The largest absolute Gasteiger partial charge is 0.505 e. The third-order valence-electron chi connectivity index (χ3n) is 5.48. The van der Waals surface area contributed by atoms with Gasteiger partial charge in [-0.05, 0) is 48.9 Å². The molecule has 3 heterocycles. The van der Waals surface area contributed by atoms with Gasteiger partial charge in [-0.15, -0.1) is 10.8 Å². The Bertz CT molecular complexity index is 1430. The molecule has 2 aromatic heterocycles. The first-order valence-electron chi connectivity index (χ1n) is 11.6. The van der Waals surface area contributed by atoms with Crippen LogP contribution in [0.15, 0.2) is 44.6 Å². The predicted octanol–water partition coefficient (Wildman–Crippen LogP) is 5.16. The fourth-order valence-corrected chi connectivity index (χ4v) is 6.80. The Kier molecular flexibility index (Phi) is 7.84. The molecule has 1 aromatic carbocycles. The summed E-state index contributed by atoms with van der Waals surface area (Å²) in [7, 11) is -7.01. The molecule has 1 unspecified atom stereocenters. The first-order chi connectivity index (χ1) is 17.4. The number of hydrogen-bond acceptors (Lipinski definition) is 10. The lowest BCUT2D eigenvalue weighted by atomic mass is 10.1. The van der Waals surface area contributed by atoms with Crippen LogP contribution in [0.2, 0.25) is 0 Å². The molecule has 0 radical (unpaired) electrons. The second-order valence-electron chi connectivity index (χ2n) is 8.97. The highest BCUT2D eigenvalue weighted by Gasteiger charge is 2.36. The van der Waals surface area contributed by atoms with Crippen LogP contribution in [0.5, 0.6) is 5.75 Å². The van der Waals surface area contributed by atoms with E-state index in [1.165, 1.54) is 28.3 Å². The van der Waals surface area contributed by atoms with Gasteiger partial charge in [0.15, 0.2) is 11.6 Å². The molecule has 200 valence electrons. The average Bonchev–Trinajstić information content (AvgIpc) is 3.33. The molecule has 0 saturated heterocycles. The minimum atomic E-state index is -3.92. The summed E-state index contributed by atoms with van der Waals surface area (Å²) < 4.78 is 47.4. The highest BCUT2D eigenvalue weighted by atomic mass is 32.3. The highest BCUT2D eigenvalue weighted by Crippen LogP contribution is 2.53. The van der Waals surface area contributed by atoms with E-state index >= 15 is 0 Å². The number of thiophene rings is 1. The second-order valence-corrected chi connectivity index (χ2v) is 13.6. The van der Waals surface area contributed by atoms with Crippen molar-refractivity contribution in [2.75, 3.05) is 22.9 Å². The molecule has 4 rings (SSSR count). The van der Waals surface area contributed by atoms with Gasteiger partial charge in [-0.3, -0.25) is 23.2 Å². The molecule has 0 saturated carbocycles. The molecule has 0 aliphatic carbocycles. The average molecular weight is 568 g/mol. The van der Waals surface area contributed by atoms with Gasteiger partial charge in [0.2, 0.25) is 0 Å². The van der Waals surface area contributed by atoms with Crippen LogP contribution in [0, 0.1) is 5.92 Å². The lowest BCUT2D eigenvalue weighted by molar-refractivity contribution is 0.341. The van der Waals surface area contributed by atoms with Crippen molar-refractivity contribution in [3.8, 4) is 17.0 Å². The number of hydrogen-bond donors (Lipinski definition) is 5. The Hall–Kier alpha value is -2.67. The van der Waals surface area contributed by atoms with Crippen molar-refractivity contribution in [2.45, 2.75) is 33.7 Å². The molecule has 0 amide bonds. The van der Waals surface area contributed by atoms with Crippen LogP contribution in [-0.2, 0) is 15.6 Å². The van der Waals surface area contributed by atoms with E-state index in [0.29, 0.717) is 35.8 Å². The smallest absolute Gasteiger partial charge is 0.348 e. The number of nitrogens with one attached hydrogen (secondary N) is 2. The SMILES string of the molecule is CCOP1(=O)N=C(c2c(O)c(-c3ccsc3)nn(CCC(C)C)c2=O)Nc2ccc(NS(C)(O)O)cc21. The standard InChI is InChI=1S/C23H30N5O6PS2/c1-5-34-35(31)18-12-16(27-37(4,32)33)6-7-17(18)24-22(26-35)19-21(29)20(15-9-11-36-13-15)25-28(23(19)30)10-8-14(2)3/h6-7,9,11-14,27,29,32-33H,5,8,10H2,1-4H3,(H,24,26,31). The lowest BCUT2D eigenvalue weighted by Gasteiger charge is -2.30. The molecular formula is C23H30N5O6PS2. The zero-order valence-corrected chi connectivity index (χ0v) is 23.4. The van der Waals surface area contributed by atoms with Crippen molar-refractivity contribution in [1.29, 1.82) is 0 Å². The Morgan fingerprint density at radius 1 is 1.30 bits per heavy atom. The van der Waals surface area contributed by atoms with E-state index in [0.717, 1.165) is 0 Å². The van der Waals surface area contributed by atoms with E-state index in [4.69, 9.17) is 4.52 Å². The van der Waals surface area contributed by atoms with Crippen LogP contribution in [0.4, 0.5) is 11.4 Å². The molecule has 1 aliphatic rings. The van der Waals surface area contributed by atoms with E-state index in [2.05, 4.69) is 19.9 Å². The summed E-state index contributed by atoms with van der Waals surface area (Å²) in [5.41, 5.74) is 0.782. The van der Waals surface area contributed by atoms with Gasteiger partial charge in [-0.2, -0.15) is 21.2 Å². The Labute approximate surface area is 220 Å². The predicted molar refractivity (Wildman–Crippen MR) is 151 cm³/mol. The molecule has 1 aliphatic heterocycles. The van der Waals surface area contributed by atoms with Gasteiger partial charge in [0.1, 0.15) is 11.3 Å². The summed E-state index contributed by atoms with van der Waals surface area (Å²) in [6.45, 7) is 6.13. The molecule has 37 heavy (non-hydrogen) atoms. The molecular weight excluding hydrogens is 537 g/mol. The number of rotatable bonds is 9. The van der Waals surface area contributed by atoms with Crippen LogP contribution >= 0.6 is 29.6 Å². The second kappa shape index (κ2) is 10.6. The first-order valence-corrected chi connectivity index (χ1v) is 16.0. The summed E-state index contributed by atoms with van der Waals surface area (Å²) in [6, 6.07) is 6.38. The van der Waals surface area contributed by atoms with Crippen molar-refractivity contribution in [1.82, 2.24) is 9.78 Å². The number of nitrogens with zero attached hydrogens (tertiary/aromatic N) is 3. The zero-order valence-electron chi connectivity index (χ0n) is 20.8. The van der Waals surface area contributed by atoms with Gasteiger partial charge in [0.25, 0.3) is 5.56 Å². The maximum Gasteiger partial charge on any atom is 0.348 e. The van der Waals surface area contributed by atoms with Gasteiger partial charge in [-0.1, -0.05) is 13.8 Å². The molecule has 1 atom stereocenters. The van der Waals surface area contributed by atoms with Crippen LogP contribution in [0.25, 0.3) is 11.3 Å². The summed E-state index contributed by atoms with van der Waals surface area (Å²) in [4.78, 5) is 13.5. The quantitative estimate of drug-likeness (QED) is 0.220. The molecule has 0 fully saturated rings. The Morgan fingerprint density at radius 3 is 2.68 bits per heavy atom. The van der Waals surface area contributed by atoms with E-state index in [9.17, 15) is 23.6 Å². The number of aromatic hydroxyl groups is 1. The first kappa shape index (κ1) is 27.4. The fourth-order valence-electron chi connectivity index (χ4n) is 3.78. The number of amidine groups is 1. The number of benzene rings is 1. The van der Waals surface area contributed by atoms with E-state index in [1.54, 1.807) is 25.1 Å². The maximum absolute atomic E-state index is 14.0. The van der Waals surface area contributed by atoms with Gasteiger partial charge in [0.05, 0.1) is 23.3 Å². The minimum absolute atomic E-state index is 0.0647. The Morgan fingerprint density at radius 2 is 2.05 bits per heavy atom. The van der Waals surface area contributed by atoms with Crippen molar-refractivity contribution in [3.05, 3.63) is 50.9 Å². The van der Waals surface area contributed by atoms with E-state index < -0.39 is 23.9 Å². The fraction of sp³-hybridized carbons (Fsp3) is 0.348. The monoisotopic (exact) mass is 567 g/mol. The summed E-state index contributed by atoms with van der Waals surface area (Å²) in [5, 5.41) is 22.5. The minimum Gasteiger partial charge on any atom is -0.505 e. The number of aromatic nitrogens is 2. The van der Waals surface area contributed by atoms with Crippen molar-refractivity contribution < 1.29 is 23.3 Å². The molecule has 14 heteroatoms. The lowest BCUT2D eigenvalue weighted by Crippen LogP contribution is -2.35. The zero-order chi connectivity index (χ0) is 27.0.